The lowest BCUT2D eigenvalue weighted by molar-refractivity contribution is 0.962. The van der Waals surface area contributed by atoms with Crippen molar-refractivity contribution in [2.24, 2.45) is 0 Å². The summed E-state index contributed by atoms with van der Waals surface area (Å²) in [7, 11) is 1.88. The fraction of sp³-hybridized carbons (Fsp3) is 0.0870. The molecular weight excluding hydrogens is 388 g/mol. The number of H-pyrrole nitrogens is 1. The highest BCUT2D eigenvalue weighted by molar-refractivity contribution is 5.80. The highest BCUT2D eigenvalue weighted by atomic mass is 15.3. The Labute approximate surface area is 178 Å². The van der Waals surface area contributed by atoms with Gasteiger partial charge in [-0.2, -0.15) is 10.4 Å². The zero-order valence-electron chi connectivity index (χ0n) is 17.0. The van der Waals surface area contributed by atoms with Crippen LogP contribution in [-0.4, -0.2) is 36.6 Å². The third kappa shape index (κ3) is 3.28. The third-order valence-electron chi connectivity index (χ3n) is 5.09. The lowest BCUT2D eigenvalue weighted by Gasteiger charge is -2.17. The topological polar surface area (TPSA) is 98.8 Å². The number of imidazole rings is 1. The molecular formula is C23H18N8. The van der Waals surface area contributed by atoms with Crippen molar-refractivity contribution in [3.63, 3.8) is 0 Å². The molecule has 0 atom stereocenters. The third-order valence-corrected chi connectivity index (χ3v) is 5.09. The summed E-state index contributed by atoms with van der Waals surface area (Å²) in [5.41, 5.74) is 6.20. The summed E-state index contributed by atoms with van der Waals surface area (Å²) in [5, 5.41) is 13.7. The molecule has 5 aromatic rings. The van der Waals surface area contributed by atoms with E-state index in [1.54, 1.807) is 10.6 Å². The van der Waals surface area contributed by atoms with Gasteiger partial charge in [0, 0.05) is 24.5 Å². The van der Waals surface area contributed by atoms with Crippen LogP contribution >= 0.6 is 0 Å². The molecule has 0 aliphatic heterocycles. The van der Waals surface area contributed by atoms with Gasteiger partial charge in [-0.25, -0.2) is 14.5 Å². The van der Waals surface area contributed by atoms with Crippen molar-refractivity contribution in [3.05, 3.63) is 78.4 Å². The van der Waals surface area contributed by atoms with Gasteiger partial charge in [-0.15, -0.1) is 0 Å². The molecule has 0 aliphatic rings. The van der Waals surface area contributed by atoms with E-state index in [9.17, 15) is 5.26 Å². The number of aromatic nitrogens is 6. The van der Waals surface area contributed by atoms with Crippen LogP contribution in [0.15, 0.2) is 67.1 Å². The van der Waals surface area contributed by atoms with Crippen molar-refractivity contribution >= 4 is 17.3 Å². The number of nitrogens with zero attached hydrogens (tertiary/aromatic N) is 7. The number of pyridine rings is 2. The number of nitrogens with one attached hydrogen (secondary N) is 1. The maximum absolute atomic E-state index is 9.51. The van der Waals surface area contributed by atoms with Gasteiger partial charge < -0.3 is 9.88 Å². The van der Waals surface area contributed by atoms with E-state index in [2.05, 4.69) is 26.1 Å². The molecule has 0 bridgehead atoms. The predicted octanol–water partition coefficient (Wildman–Crippen LogP) is 4.13. The van der Waals surface area contributed by atoms with Gasteiger partial charge in [0.1, 0.15) is 18.1 Å². The molecule has 1 aromatic carbocycles. The minimum atomic E-state index is 0.571. The second kappa shape index (κ2) is 7.39. The van der Waals surface area contributed by atoms with E-state index in [0.29, 0.717) is 11.5 Å². The zero-order chi connectivity index (χ0) is 21.4. The van der Waals surface area contributed by atoms with Crippen molar-refractivity contribution in [1.29, 1.82) is 5.26 Å². The molecule has 0 fully saturated rings. The second-order valence-electron chi connectivity index (χ2n) is 7.12. The number of rotatable bonds is 4. The Kier molecular flexibility index (Phi) is 4.41. The minimum Gasteiger partial charge on any atom is -0.322 e. The SMILES string of the molecule is Cc1cccc(-c2[nH]c(N(C)c3ccccc3C#N)nc2-c2ccc3ncnn3c2)n1. The number of benzene rings is 1. The largest absolute Gasteiger partial charge is 0.322 e. The Bertz CT molecular complexity index is 1440. The molecule has 5 rings (SSSR count). The number of hydrogen-bond acceptors (Lipinski definition) is 6. The maximum Gasteiger partial charge on any atom is 0.208 e. The number of hydrogen-bond donors (Lipinski definition) is 1. The average molecular weight is 406 g/mol. The van der Waals surface area contributed by atoms with Gasteiger partial charge in [0.05, 0.1) is 22.6 Å². The molecule has 0 unspecified atom stereocenters. The molecule has 8 heteroatoms. The first-order valence-corrected chi connectivity index (χ1v) is 9.70. The number of nitriles is 1. The van der Waals surface area contributed by atoms with E-state index in [1.807, 2.05) is 73.6 Å². The van der Waals surface area contributed by atoms with Crippen molar-refractivity contribution in [2.45, 2.75) is 6.92 Å². The molecule has 4 aromatic heterocycles. The number of anilines is 2. The Hall–Kier alpha value is -4.51. The van der Waals surface area contributed by atoms with E-state index in [-0.39, 0.29) is 0 Å². The van der Waals surface area contributed by atoms with Gasteiger partial charge in [-0.05, 0) is 43.3 Å². The first-order valence-electron chi connectivity index (χ1n) is 9.70. The van der Waals surface area contributed by atoms with Crippen LogP contribution in [0.25, 0.3) is 28.3 Å². The number of aromatic amines is 1. The normalized spacial score (nSPS) is 10.9. The fourth-order valence-electron chi connectivity index (χ4n) is 3.53. The molecule has 0 spiro atoms. The van der Waals surface area contributed by atoms with Crippen LogP contribution in [0.4, 0.5) is 11.6 Å². The number of para-hydroxylation sites is 1. The second-order valence-corrected chi connectivity index (χ2v) is 7.12. The van der Waals surface area contributed by atoms with Crippen LogP contribution in [0.3, 0.4) is 0 Å². The van der Waals surface area contributed by atoms with Crippen LogP contribution in [0, 0.1) is 18.3 Å². The Morgan fingerprint density at radius 3 is 2.74 bits per heavy atom. The molecule has 8 nitrogen and oxygen atoms in total. The van der Waals surface area contributed by atoms with Crippen molar-refractivity contribution in [2.75, 3.05) is 11.9 Å². The van der Waals surface area contributed by atoms with Crippen LogP contribution in [0.5, 0.6) is 0 Å². The van der Waals surface area contributed by atoms with Crippen LogP contribution in [0.1, 0.15) is 11.3 Å². The van der Waals surface area contributed by atoms with Crippen molar-refractivity contribution in [1.82, 2.24) is 29.5 Å². The number of aryl methyl sites for hydroxylation is 1. The first-order chi connectivity index (χ1) is 15.1. The number of fused-ring (bicyclic) bond motifs is 1. The van der Waals surface area contributed by atoms with Gasteiger partial charge in [-0.3, -0.25) is 4.98 Å². The zero-order valence-corrected chi connectivity index (χ0v) is 17.0. The standard InChI is InChI=1S/C23H18N8/c1-15-6-5-8-18(27-15)22-21(17-10-11-20-25-14-26-31(20)13-17)28-23(29-22)30(2)19-9-4-3-7-16(19)12-24/h3-11,13-14H,1-2H3,(H,28,29). The summed E-state index contributed by atoms with van der Waals surface area (Å²) >= 11 is 0. The Morgan fingerprint density at radius 1 is 1.03 bits per heavy atom. The van der Waals surface area contributed by atoms with Crippen LogP contribution in [0.2, 0.25) is 0 Å². The summed E-state index contributed by atoms with van der Waals surface area (Å²) < 4.78 is 1.71. The van der Waals surface area contributed by atoms with Crippen molar-refractivity contribution in [3.8, 4) is 28.7 Å². The van der Waals surface area contributed by atoms with Crippen molar-refractivity contribution < 1.29 is 0 Å². The maximum atomic E-state index is 9.51. The monoisotopic (exact) mass is 406 g/mol. The molecule has 1 N–H and O–H groups in total. The molecule has 31 heavy (non-hydrogen) atoms. The molecule has 0 saturated carbocycles. The molecule has 150 valence electrons. The predicted molar refractivity (Wildman–Crippen MR) is 118 cm³/mol. The van der Waals surface area contributed by atoms with Crippen LogP contribution in [-0.2, 0) is 0 Å². The van der Waals surface area contributed by atoms with E-state index in [0.717, 1.165) is 39.7 Å². The van der Waals surface area contributed by atoms with Gasteiger partial charge >= 0.3 is 0 Å². The highest BCUT2D eigenvalue weighted by Crippen LogP contribution is 2.34. The fourth-order valence-corrected chi connectivity index (χ4v) is 3.53. The lowest BCUT2D eigenvalue weighted by Crippen LogP contribution is -2.12. The van der Waals surface area contributed by atoms with E-state index >= 15 is 0 Å². The molecule has 0 amide bonds. The average Bonchev–Trinajstić information content (AvgIpc) is 3.45. The lowest BCUT2D eigenvalue weighted by atomic mass is 10.1. The first kappa shape index (κ1) is 18.5. The smallest absolute Gasteiger partial charge is 0.208 e. The summed E-state index contributed by atoms with van der Waals surface area (Å²) in [5.74, 6) is 0.606. The highest BCUT2D eigenvalue weighted by Gasteiger charge is 2.20. The van der Waals surface area contributed by atoms with Gasteiger partial charge in [0.15, 0.2) is 5.65 Å². The van der Waals surface area contributed by atoms with E-state index < -0.39 is 0 Å². The summed E-state index contributed by atoms with van der Waals surface area (Å²) in [6, 6.07) is 19.4. The molecule has 0 saturated heterocycles. The Morgan fingerprint density at radius 2 is 1.90 bits per heavy atom. The molecule has 4 heterocycles. The van der Waals surface area contributed by atoms with E-state index in [4.69, 9.17) is 4.98 Å². The molecule has 0 radical (unpaired) electrons. The quantitative estimate of drug-likeness (QED) is 0.482. The Balaban J connectivity index is 1.69. The summed E-state index contributed by atoms with van der Waals surface area (Å²) in [4.78, 5) is 19.1. The van der Waals surface area contributed by atoms with Crippen LogP contribution < -0.4 is 4.90 Å². The van der Waals surface area contributed by atoms with Gasteiger partial charge in [-0.1, -0.05) is 18.2 Å². The van der Waals surface area contributed by atoms with Gasteiger partial charge in [0.2, 0.25) is 5.95 Å². The minimum absolute atomic E-state index is 0.571. The van der Waals surface area contributed by atoms with E-state index in [1.165, 1.54) is 6.33 Å². The summed E-state index contributed by atoms with van der Waals surface area (Å²) in [6.07, 6.45) is 3.41. The molecule has 0 aliphatic carbocycles. The summed E-state index contributed by atoms with van der Waals surface area (Å²) in [6.45, 7) is 1.96. The van der Waals surface area contributed by atoms with Gasteiger partial charge in [0.25, 0.3) is 0 Å².